The second-order valence-electron chi connectivity index (χ2n) is 4.66. The molecule has 1 amide bonds. The molecule has 0 atom stereocenters. The van der Waals surface area contributed by atoms with Crippen LogP contribution in [0, 0.1) is 0 Å². The average Bonchev–Trinajstić information content (AvgIpc) is 2.48. The Morgan fingerprint density at radius 1 is 1.20 bits per heavy atom. The summed E-state index contributed by atoms with van der Waals surface area (Å²) in [5.41, 5.74) is 8.32. The van der Waals surface area contributed by atoms with Crippen LogP contribution in [-0.2, 0) is 13.1 Å². The molecule has 20 heavy (non-hydrogen) atoms. The highest BCUT2D eigenvalue weighted by atomic mass is 79.9. The van der Waals surface area contributed by atoms with E-state index in [0.29, 0.717) is 18.7 Å². The number of halogens is 1. The third kappa shape index (κ3) is 3.46. The fourth-order valence-electron chi connectivity index (χ4n) is 2.01. The maximum absolute atomic E-state index is 12.4. The molecular formula is C16H17BrN2O. The van der Waals surface area contributed by atoms with Gasteiger partial charge in [0, 0.05) is 30.2 Å². The molecule has 2 aromatic rings. The Labute approximate surface area is 127 Å². The van der Waals surface area contributed by atoms with Crippen LogP contribution in [0.3, 0.4) is 0 Å². The summed E-state index contributed by atoms with van der Waals surface area (Å²) >= 11 is 3.50. The van der Waals surface area contributed by atoms with Crippen molar-refractivity contribution in [2.75, 3.05) is 7.05 Å². The minimum Gasteiger partial charge on any atom is -0.337 e. The molecule has 0 aliphatic heterocycles. The van der Waals surface area contributed by atoms with Gasteiger partial charge in [-0.05, 0) is 29.3 Å². The predicted octanol–water partition coefficient (Wildman–Crippen LogP) is 3.18. The number of carbonyl (C=O) groups excluding carboxylic acids is 1. The van der Waals surface area contributed by atoms with Crippen molar-refractivity contribution in [1.29, 1.82) is 0 Å². The molecule has 0 saturated heterocycles. The monoisotopic (exact) mass is 332 g/mol. The predicted molar refractivity (Wildman–Crippen MR) is 84.3 cm³/mol. The van der Waals surface area contributed by atoms with Gasteiger partial charge < -0.3 is 10.6 Å². The fraction of sp³-hybridized carbons (Fsp3) is 0.188. The van der Waals surface area contributed by atoms with Gasteiger partial charge in [0.15, 0.2) is 0 Å². The summed E-state index contributed by atoms with van der Waals surface area (Å²) in [6.45, 7) is 1.00. The molecule has 0 saturated carbocycles. The van der Waals surface area contributed by atoms with Gasteiger partial charge in [-0.25, -0.2) is 0 Å². The summed E-state index contributed by atoms with van der Waals surface area (Å²) in [4.78, 5) is 14.1. The smallest absolute Gasteiger partial charge is 0.253 e. The lowest BCUT2D eigenvalue weighted by atomic mass is 10.1. The molecule has 0 bridgehead atoms. The Balaban J connectivity index is 2.14. The molecule has 4 heteroatoms. The van der Waals surface area contributed by atoms with E-state index in [9.17, 15) is 4.79 Å². The van der Waals surface area contributed by atoms with Crippen molar-refractivity contribution in [1.82, 2.24) is 4.90 Å². The van der Waals surface area contributed by atoms with Gasteiger partial charge in [0.1, 0.15) is 0 Å². The maximum atomic E-state index is 12.4. The van der Waals surface area contributed by atoms with E-state index in [0.717, 1.165) is 15.6 Å². The molecule has 0 aliphatic rings. The van der Waals surface area contributed by atoms with Gasteiger partial charge in [0.2, 0.25) is 0 Å². The molecule has 0 radical (unpaired) electrons. The number of rotatable bonds is 4. The number of nitrogens with two attached hydrogens (primary N) is 1. The van der Waals surface area contributed by atoms with E-state index in [-0.39, 0.29) is 5.91 Å². The lowest BCUT2D eigenvalue weighted by Gasteiger charge is -2.18. The van der Waals surface area contributed by atoms with Gasteiger partial charge in [0.05, 0.1) is 0 Å². The first-order chi connectivity index (χ1) is 9.61. The molecule has 3 nitrogen and oxygen atoms in total. The Morgan fingerprint density at radius 3 is 2.65 bits per heavy atom. The topological polar surface area (TPSA) is 46.3 Å². The second-order valence-corrected chi connectivity index (χ2v) is 5.51. The van der Waals surface area contributed by atoms with Crippen LogP contribution < -0.4 is 5.73 Å². The van der Waals surface area contributed by atoms with Crippen LogP contribution in [0.5, 0.6) is 0 Å². The highest BCUT2D eigenvalue weighted by molar-refractivity contribution is 9.10. The number of hydrogen-bond donors (Lipinski definition) is 1. The molecular weight excluding hydrogens is 316 g/mol. The Kier molecular flexibility index (Phi) is 4.93. The molecule has 0 aliphatic carbocycles. The summed E-state index contributed by atoms with van der Waals surface area (Å²) < 4.78 is 1.01. The summed E-state index contributed by atoms with van der Waals surface area (Å²) in [7, 11) is 1.80. The molecule has 0 heterocycles. The SMILES string of the molecule is CN(Cc1ccccc1Br)C(=O)c1cccc(CN)c1. The number of benzene rings is 2. The van der Waals surface area contributed by atoms with Crippen molar-refractivity contribution < 1.29 is 4.79 Å². The number of amides is 1. The molecule has 0 fully saturated rings. The zero-order valence-corrected chi connectivity index (χ0v) is 12.9. The van der Waals surface area contributed by atoms with Crippen molar-refractivity contribution in [2.24, 2.45) is 5.73 Å². The van der Waals surface area contributed by atoms with Gasteiger partial charge >= 0.3 is 0 Å². The first-order valence-corrected chi connectivity index (χ1v) is 7.19. The Hall–Kier alpha value is -1.65. The van der Waals surface area contributed by atoms with Crippen LogP contribution in [0.2, 0.25) is 0 Å². The van der Waals surface area contributed by atoms with E-state index >= 15 is 0 Å². The molecule has 0 spiro atoms. The third-order valence-electron chi connectivity index (χ3n) is 3.12. The number of nitrogens with zero attached hydrogens (tertiary/aromatic N) is 1. The summed E-state index contributed by atoms with van der Waals surface area (Å²) in [6.07, 6.45) is 0. The molecule has 0 aromatic heterocycles. The quantitative estimate of drug-likeness (QED) is 0.934. The van der Waals surface area contributed by atoms with E-state index in [4.69, 9.17) is 5.73 Å². The van der Waals surface area contributed by atoms with Crippen LogP contribution in [-0.4, -0.2) is 17.9 Å². The van der Waals surface area contributed by atoms with Crippen LogP contribution in [0.4, 0.5) is 0 Å². The van der Waals surface area contributed by atoms with Crippen molar-refractivity contribution in [3.8, 4) is 0 Å². The normalized spacial score (nSPS) is 10.3. The first-order valence-electron chi connectivity index (χ1n) is 6.39. The van der Waals surface area contributed by atoms with Crippen molar-refractivity contribution in [2.45, 2.75) is 13.1 Å². The zero-order valence-electron chi connectivity index (χ0n) is 11.3. The van der Waals surface area contributed by atoms with Gasteiger partial charge in [-0.2, -0.15) is 0 Å². The van der Waals surface area contributed by atoms with Crippen LogP contribution in [0.1, 0.15) is 21.5 Å². The largest absolute Gasteiger partial charge is 0.337 e. The number of carbonyl (C=O) groups is 1. The summed E-state index contributed by atoms with van der Waals surface area (Å²) in [5, 5.41) is 0. The van der Waals surface area contributed by atoms with E-state index < -0.39 is 0 Å². The van der Waals surface area contributed by atoms with E-state index in [1.807, 2.05) is 48.5 Å². The average molecular weight is 333 g/mol. The summed E-state index contributed by atoms with van der Waals surface area (Å²) in [6, 6.07) is 15.4. The Morgan fingerprint density at radius 2 is 1.95 bits per heavy atom. The highest BCUT2D eigenvalue weighted by Gasteiger charge is 2.13. The molecule has 104 valence electrons. The van der Waals surface area contributed by atoms with Crippen LogP contribution >= 0.6 is 15.9 Å². The van der Waals surface area contributed by atoms with Crippen molar-refractivity contribution in [3.05, 3.63) is 69.7 Å². The molecule has 2 aromatic carbocycles. The first kappa shape index (κ1) is 14.8. The fourth-order valence-corrected chi connectivity index (χ4v) is 2.42. The van der Waals surface area contributed by atoms with E-state index in [1.165, 1.54) is 0 Å². The minimum absolute atomic E-state index is 0.00365. The van der Waals surface area contributed by atoms with Crippen LogP contribution in [0.25, 0.3) is 0 Å². The van der Waals surface area contributed by atoms with Gasteiger partial charge in [-0.1, -0.05) is 46.3 Å². The zero-order chi connectivity index (χ0) is 14.5. The lowest BCUT2D eigenvalue weighted by Crippen LogP contribution is -2.26. The minimum atomic E-state index is -0.00365. The van der Waals surface area contributed by atoms with Gasteiger partial charge in [0.25, 0.3) is 5.91 Å². The van der Waals surface area contributed by atoms with Gasteiger partial charge in [-0.3, -0.25) is 4.79 Å². The van der Waals surface area contributed by atoms with E-state index in [2.05, 4.69) is 15.9 Å². The summed E-state index contributed by atoms with van der Waals surface area (Å²) in [5.74, 6) is -0.00365. The molecule has 2 N–H and O–H groups in total. The third-order valence-corrected chi connectivity index (χ3v) is 3.90. The number of hydrogen-bond acceptors (Lipinski definition) is 2. The van der Waals surface area contributed by atoms with E-state index in [1.54, 1.807) is 11.9 Å². The highest BCUT2D eigenvalue weighted by Crippen LogP contribution is 2.18. The standard InChI is InChI=1S/C16H17BrN2O/c1-19(11-14-6-2-3-8-15(14)17)16(20)13-7-4-5-12(9-13)10-18/h2-9H,10-11,18H2,1H3. The van der Waals surface area contributed by atoms with Crippen molar-refractivity contribution in [3.63, 3.8) is 0 Å². The van der Waals surface area contributed by atoms with Crippen LogP contribution in [0.15, 0.2) is 53.0 Å². The molecule has 0 unspecified atom stereocenters. The van der Waals surface area contributed by atoms with Crippen molar-refractivity contribution >= 4 is 21.8 Å². The van der Waals surface area contributed by atoms with Gasteiger partial charge in [-0.15, -0.1) is 0 Å². The molecule has 2 rings (SSSR count). The second kappa shape index (κ2) is 6.68. The lowest BCUT2D eigenvalue weighted by molar-refractivity contribution is 0.0784. The Bertz CT molecular complexity index is 613. The maximum Gasteiger partial charge on any atom is 0.253 e.